The number of esters is 2. The maximum absolute atomic E-state index is 12.8. The van der Waals surface area contributed by atoms with Crippen molar-refractivity contribution in [2.45, 2.75) is 163 Å². The van der Waals surface area contributed by atoms with Crippen molar-refractivity contribution in [3.63, 3.8) is 0 Å². The van der Waals surface area contributed by atoms with Gasteiger partial charge in [0, 0.05) is 0 Å². The molecule has 0 aromatic carbocycles. The van der Waals surface area contributed by atoms with Crippen LogP contribution in [0.15, 0.2) is 0 Å². The first-order valence-electron chi connectivity index (χ1n) is 14.8. The van der Waals surface area contributed by atoms with Crippen LogP contribution in [0.3, 0.4) is 0 Å². The Bertz CT molecular complexity index is 498. The lowest BCUT2D eigenvalue weighted by atomic mass is 9.82. The lowest BCUT2D eigenvalue weighted by Crippen LogP contribution is -2.43. The molecule has 0 saturated carbocycles. The van der Waals surface area contributed by atoms with Crippen molar-refractivity contribution in [1.82, 2.24) is 0 Å². The first-order valence-corrected chi connectivity index (χ1v) is 14.8. The van der Waals surface area contributed by atoms with Crippen molar-refractivity contribution in [3.05, 3.63) is 0 Å². The fraction of sp³-hybridized carbons (Fsp3) is 0.933. The molecule has 0 heterocycles. The highest BCUT2D eigenvalue weighted by Crippen LogP contribution is 2.31. The van der Waals surface area contributed by atoms with Crippen LogP contribution in [0.2, 0.25) is 0 Å². The first-order chi connectivity index (χ1) is 16.4. The van der Waals surface area contributed by atoms with Crippen molar-refractivity contribution >= 4 is 11.9 Å². The molecule has 34 heavy (non-hydrogen) atoms. The van der Waals surface area contributed by atoms with E-state index in [1.165, 1.54) is 83.5 Å². The van der Waals surface area contributed by atoms with Gasteiger partial charge in [0.2, 0.25) is 0 Å². The summed E-state index contributed by atoms with van der Waals surface area (Å²) < 4.78 is 11.2. The minimum Gasteiger partial charge on any atom is -0.465 e. The molecule has 2 atom stereocenters. The fourth-order valence-corrected chi connectivity index (χ4v) is 4.42. The van der Waals surface area contributed by atoms with E-state index in [2.05, 4.69) is 20.8 Å². The van der Waals surface area contributed by atoms with Crippen molar-refractivity contribution < 1.29 is 19.1 Å². The van der Waals surface area contributed by atoms with Gasteiger partial charge in [0.25, 0.3) is 0 Å². The van der Waals surface area contributed by atoms with Crippen LogP contribution >= 0.6 is 0 Å². The molecule has 0 bridgehead atoms. The largest absolute Gasteiger partial charge is 0.465 e. The molecular weight excluding hydrogens is 424 g/mol. The molecule has 0 aromatic heterocycles. The molecule has 0 saturated heterocycles. The molecule has 0 rings (SSSR count). The highest BCUT2D eigenvalue weighted by molar-refractivity contribution is 6.00. The highest BCUT2D eigenvalue weighted by atomic mass is 16.6. The average Bonchev–Trinajstić information content (AvgIpc) is 2.84. The zero-order valence-corrected chi connectivity index (χ0v) is 23.7. The summed E-state index contributed by atoms with van der Waals surface area (Å²) in [6, 6.07) is 0. The second-order valence-corrected chi connectivity index (χ2v) is 10.4. The summed E-state index contributed by atoms with van der Waals surface area (Å²) in [6.07, 6.45) is 21.2. The molecule has 0 spiro atoms. The van der Waals surface area contributed by atoms with Crippen LogP contribution in [-0.2, 0) is 19.1 Å². The number of ether oxygens (including phenoxy) is 2. The van der Waals surface area contributed by atoms with E-state index in [1.807, 2.05) is 20.8 Å². The van der Waals surface area contributed by atoms with Crippen LogP contribution in [-0.4, -0.2) is 24.6 Å². The molecule has 0 N–H and O–H groups in total. The summed E-state index contributed by atoms with van der Waals surface area (Å²) in [5, 5.41) is 0. The van der Waals surface area contributed by atoms with E-state index < -0.39 is 17.4 Å². The first kappa shape index (κ1) is 32.9. The van der Waals surface area contributed by atoms with Gasteiger partial charge in [-0.2, -0.15) is 0 Å². The van der Waals surface area contributed by atoms with E-state index in [-0.39, 0.29) is 12.0 Å². The van der Waals surface area contributed by atoms with Gasteiger partial charge in [-0.1, -0.05) is 131 Å². The third-order valence-electron chi connectivity index (χ3n) is 7.71. The van der Waals surface area contributed by atoms with Crippen LogP contribution < -0.4 is 0 Å². The van der Waals surface area contributed by atoms with Gasteiger partial charge in [0.05, 0.1) is 6.61 Å². The Morgan fingerprint density at radius 1 is 0.618 bits per heavy atom. The van der Waals surface area contributed by atoms with Gasteiger partial charge in [0.1, 0.15) is 6.10 Å². The van der Waals surface area contributed by atoms with Crippen LogP contribution in [0, 0.1) is 11.3 Å². The van der Waals surface area contributed by atoms with Crippen molar-refractivity contribution in [2.75, 3.05) is 6.61 Å². The number of unbranched alkanes of at least 4 members (excludes halogenated alkanes) is 14. The number of carbonyl (C=O) groups is 2. The van der Waals surface area contributed by atoms with E-state index in [1.54, 1.807) is 0 Å². The number of hydrogen-bond donors (Lipinski definition) is 0. The summed E-state index contributed by atoms with van der Waals surface area (Å²) in [6.45, 7) is 12.4. The lowest BCUT2D eigenvalue weighted by molar-refractivity contribution is -0.177. The fourth-order valence-electron chi connectivity index (χ4n) is 4.42. The average molecular weight is 483 g/mol. The standard InChI is InChI=1S/C30H58O4/c1-7-11-12-13-14-15-16-17-18-19-20-21-22-23-24-25-33-28(31)30(9-3,10-4)29(32)34-27(6)26(5)8-2/h26-27H,7-25H2,1-6H3. The van der Waals surface area contributed by atoms with Crippen molar-refractivity contribution in [2.24, 2.45) is 11.3 Å². The Balaban J connectivity index is 3.91. The molecule has 0 aromatic rings. The molecular formula is C30H58O4. The van der Waals surface area contributed by atoms with E-state index in [4.69, 9.17) is 9.47 Å². The molecule has 0 aliphatic rings. The van der Waals surface area contributed by atoms with Gasteiger partial charge >= 0.3 is 11.9 Å². The number of rotatable bonds is 23. The smallest absolute Gasteiger partial charge is 0.323 e. The van der Waals surface area contributed by atoms with Crippen molar-refractivity contribution in [3.8, 4) is 0 Å². The van der Waals surface area contributed by atoms with Crippen LogP contribution in [0.1, 0.15) is 157 Å². The lowest BCUT2D eigenvalue weighted by Gasteiger charge is -2.30. The van der Waals surface area contributed by atoms with Gasteiger partial charge in [-0.25, -0.2) is 0 Å². The Hall–Kier alpha value is -1.06. The maximum atomic E-state index is 12.8. The van der Waals surface area contributed by atoms with E-state index in [0.29, 0.717) is 19.4 Å². The summed E-state index contributed by atoms with van der Waals surface area (Å²) in [4.78, 5) is 25.7. The van der Waals surface area contributed by atoms with Gasteiger partial charge in [-0.05, 0) is 32.1 Å². The van der Waals surface area contributed by atoms with Crippen molar-refractivity contribution in [1.29, 1.82) is 0 Å². The second-order valence-electron chi connectivity index (χ2n) is 10.4. The molecule has 0 amide bonds. The van der Waals surface area contributed by atoms with Gasteiger partial charge in [0.15, 0.2) is 5.41 Å². The predicted molar refractivity (Wildman–Crippen MR) is 144 cm³/mol. The maximum Gasteiger partial charge on any atom is 0.323 e. The minimum absolute atomic E-state index is 0.196. The molecule has 0 aliphatic heterocycles. The molecule has 202 valence electrons. The summed E-state index contributed by atoms with van der Waals surface area (Å²) in [5.41, 5.74) is -1.17. The zero-order valence-electron chi connectivity index (χ0n) is 23.7. The summed E-state index contributed by atoms with van der Waals surface area (Å²) >= 11 is 0. The third-order valence-corrected chi connectivity index (χ3v) is 7.71. The Morgan fingerprint density at radius 2 is 1.03 bits per heavy atom. The number of hydrogen-bond acceptors (Lipinski definition) is 4. The van der Waals surface area contributed by atoms with Gasteiger partial charge < -0.3 is 9.47 Å². The SMILES string of the molecule is CCCCCCCCCCCCCCCCCOC(=O)C(CC)(CC)C(=O)OC(C)C(C)CC. The predicted octanol–water partition coefficient (Wildman–Crippen LogP) is 9.19. The van der Waals surface area contributed by atoms with Gasteiger partial charge in [-0.15, -0.1) is 0 Å². The van der Waals surface area contributed by atoms with Crippen LogP contribution in [0.25, 0.3) is 0 Å². The third kappa shape index (κ3) is 13.7. The minimum atomic E-state index is -1.17. The summed E-state index contributed by atoms with van der Waals surface area (Å²) in [7, 11) is 0. The zero-order chi connectivity index (χ0) is 25.7. The van der Waals surface area contributed by atoms with E-state index in [9.17, 15) is 9.59 Å². The molecule has 2 unspecified atom stereocenters. The molecule has 0 aliphatic carbocycles. The highest BCUT2D eigenvalue weighted by Gasteiger charge is 2.46. The van der Waals surface area contributed by atoms with Crippen LogP contribution in [0.4, 0.5) is 0 Å². The molecule has 4 heteroatoms. The molecule has 4 nitrogen and oxygen atoms in total. The molecule has 0 fully saturated rings. The monoisotopic (exact) mass is 482 g/mol. The Morgan fingerprint density at radius 3 is 1.41 bits per heavy atom. The van der Waals surface area contributed by atoms with Crippen LogP contribution in [0.5, 0.6) is 0 Å². The Labute approximate surface area is 212 Å². The van der Waals surface area contributed by atoms with E-state index in [0.717, 1.165) is 19.3 Å². The molecule has 0 radical (unpaired) electrons. The van der Waals surface area contributed by atoms with Gasteiger partial charge in [-0.3, -0.25) is 9.59 Å². The normalized spacial score (nSPS) is 13.5. The number of carbonyl (C=O) groups excluding carboxylic acids is 2. The topological polar surface area (TPSA) is 52.6 Å². The second kappa shape index (κ2) is 21.2. The quantitative estimate of drug-likeness (QED) is 0.0827. The Kier molecular flexibility index (Phi) is 20.6. The van der Waals surface area contributed by atoms with E-state index >= 15 is 0 Å². The summed E-state index contributed by atoms with van der Waals surface area (Å²) in [5.74, 6) is -0.567.